The molecule has 25 heavy (non-hydrogen) atoms. The van der Waals surface area contributed by atoms with Crippen molar-refractivity contribution in [2.45, 2.75) is 18.2 Å². The lowest BCUT2D eigenvalue weighted by molar-refractivity contribution is 0.146. The van der Waals surface area contributed by atoms with Crippen molar-refractivity contribution in [3.63, 3.8) is 0 Å². The number of aryl methyl sites for hydroxylation is 1. The highest BCUT2D eigenvalue weighted by Crippen LogP contribution is 2.27. The molecule has 0 aliphatic rings. The van der Waals surface area contributed by atoms with Gasteiger partial charge in [-0.1, -0.05) is 0 Å². The van der Waals surface area contributed by atoms with Gasteiger partial charge in [-0.15, -0.1) is 0 Å². The smallest absolute Gasteiger partial charge is 0.282 e. The Hall–Kier alpha value is -2.68. The van der Waals surface area contributed by atoms with E-state index in [0.29, 0.717) is 16.8 Å². The first-order chi connectivity index (χ1) is 11.8. The van der Waals surface area contributed by atoms with Gasteiger partial charge in [-0.05, 0) is 30.7 Å². The number of nitrogens with zero attached hydrogens (tertiary/aromatic N) is 3. The molecule has 3 heterocycles. The van der Waals surface area contributed by atoms with Crippen molar-refractivity contribution in [1.29, 1.82) is 0 Å². The summed E-state index contributed by atoms with van der Waals surface area (Å²) in [6.45, 7) is 1.52. The molecule has 0 bridgehead atoms. The lowest BCUT2D eigenvalue weighted by Gasteiger charge is -2.05. The van der Waals surface area contributed by atoms with Crippen molar-refractivity contribution < 1.29 is 17.2 Å². The van der Waals surface area contributed by atoms with E-state index in [4.69, 9.17) is 0 Å². The molecule has 0 spiro atoms. The van der Waals surface area contributed by atoms with Crippen LogP contribution in [0, 0.1) is 6.92 Å². The van der Waals surface area contributed by atoms with Gasteiger partial charge in [0, 0.05) is 36.1 Å². The molecule has 0 unspecified atom stereocenters. The quantitative estimate of drug-likeness (QED) is 0.768. The van der Waals surface area contributed by atoms with Crippen LogP contribution >= 0.6 is 0 Å². The molecule has 0 saturated heterocycles. The SMILES string of the molecule is Cc1[nH]c(-c2cc(-c3cncc(S(C)(=O)=O)c3)ccn2)nc1C(F)F. The van der Waals surface area contributed by atoms with E-state index in [1.165, 1.54) is 31.6 Å². The fourth-order valence-corrected chi connectivity index (χ4v) is 2.92. The number of alkyl halides is 2. The summed E-state index contributed by atoms with van der Waals surface area (Å²) < 4.78 is 49.1. The zero-order valence-corrected chi connectivity index (χ0v) is 14.2. The van der Waals surface area contributed by atoms with Crippen LogP contribution in [0.1, 0.15) is 17.8 Å². The number of hydrogen-bond acceptors (Lipinski definition) is 5. The Morgan fingerprint density at radius 3 is 2.56 bits per heavy atom. The summed E-state index contributed by atoms with van der Waals surface area (Å²) in [6.07, 6.45) is 2.71. The van der Waals surface area contributed by atoms with Crippen molar-refractivity contribution in [3.05, 3.63) is 48.2 Å². The van der Waals surface area contributed by atoms with E-state index in [0.717, 1.165) is 6.26 Å². The Balaban J connectivity index is 2.04. The Bertz CT molecular complexity index is 1030. The Morgan fingerprint density at radius 1 is 1.16 bits per heavy atom. The van der Waals surface area contributed by atoms with Crippen LogP contribution in [0.3, 0.4) is 0 Å². The Labute approximate surface area is 142 Å². The van der Waals surface area contributed by atoms with Crippen LogP contribution in [0.4, 0.5) is 8.78 Å². The maximum Gasteiger partial charge on any atom is 0.282 e. The molecule has 0 aromatic carbocycles. The summed E-state index contributed by atoms with van der Waals surface area (Å²) in [5.74, 6) is 0.224. The van der Waals surface area contributed by atoms with Crippen LogP contribution in [0.5, 0.6) is 0 Å². The first-order valence-corrected chi connectivity index (χ1v) is 9.11. The fourth-order valence-electron chi connectivity index (χ4n) is 2.33. The summed E-state index contributed by atoms with van der Waals surface area (Å²) in [4.78, 5) is 14.9. The second kappa shape index (κ2) is 6.32. The van der Waals surface area contributed by atoms with Crippen LogP contribution in [0.15, 0.2) is 41.7 Å². The molecule has 0 atom stereocenters. The molecule has 0 amide bonds. The summed E-state index contributed by atoms with van der Waals surface area (Å²) in [5, 5.41) is 0. The minimum atomic E-state index is -3.39. The molecule has 0 fully saturated rings. The number of aromatic amines is 1. The lowest BCUT2D eigenvalue weighted by atomic mass is 10.1. The number of H-pyrrole nitrogens is 1. The third-order valence-corrected chi connectivity index (χ3v) is 4.69. The third kappa shape index (κ3) is 3.55. The standard InChI is InChI=1S/C16H14F2N4O2S/c1-9-14(15(17)18)22-16(21-9)13-6-10(3-4-20-13)11-5-12(8-19-7-11)25(2,23)24/h3-8,15H,1-2H3,(H,21,22). The van der Waals surface area contributed by atoms with E-state index < -0.39 is 16.3 Å². The largest absolute Gasteiger partial charge is 0.340 e. The maximum absolute atomic E-state index is 12.9. The number of imidazole rings is 1. The average Bonchev–Trinajstić information content (AvgIpc) is 2.96. The van der Waals surface area contributed by atoms with E-state index in [-0.39, 0.29) is 22.1 Å². The van der Waals surface area contributed by atoms with Gasteiger partial charge in [-0.3, -0.25) is 9.97 Å². The first kappa shape index (κ1) is 17.2. The van der Waals surface area contributed by atoms with Crippen LogP contribution in [-0.4, -0.2) is 34.6 Å². The molecule has 3 rings (SSSR count). The minimum absolute atomic E-state index is 0.0946. The molecule has 0 aliphatic heterocycles. The number of hydrogen-bond donors (Lipinski definition) is 1. The monoisotopic (exact) mass is 364 g/mol. The van der Waals surface area contributed by atoms with Gasteiger partial charge in [0.25, 0.3) is 6.43 Å². The number of pyridine rings is 2. The fraction of sp³-hybridized carbons (Fsp3) is 0.188. The van der Waals surface area contributed by atoms with E-state index in [1.807, 2.05) is 0 Å². The molecular formula is C16H14F2N4O2S. The van der Waals surface area contributed by atoms with Crippen LogP contribution < -0.4 is 0 Å². The van der Waals surface area contributed by atoms with Gasteiger partial charge in [0.1, 0.15) is 11.4 Å². The van der Waals surface area contributed by atoms with Crippen LogP contribution in [0.25, 0.3) is 22.6 Å². The second-order valence-corrected chi connectivity index (χ2v) is 7.52. The molecule has 0 saturated carbocycles. The molecule has 6 nitrogen and oxygen atoms in total. The third-order valence-electron chi connectivity index (χ3n) is 3.61. The Morgan fingerprint density at radius 2 is 1.92 bits per heavy atom. The summed E-state index contributed by atoms with van der Waals surface area (Å²) in [6, 6.07) is 4.81. The van der Waals surface area contributed by atoms with Crippen molar-refractivity contribution in [2.75, 3.05) is 6.26 Å². The molecule has 3 aromatic rings. The summed E-state index contributed by atoms with van der Waals surface area (Å²) in [7, 11) is -3.39. The highest BCUT2D eigenvalue weighted by atomic mass is 32.2. The van der Waals surface area contributed by atoms with Gasteiger partial charge >= 0.3 is 0 Å². The number of rotatable bonds is 4. The van der Waals surface area contributed by atoms with E-state index in [2.05, 4.69) is 19.9 Å². The van der Waals surface area contributed by atoms with Crippen molar-refractivity contribution in [1.82, 2.24) is 19.9 Å². The van der Waals surface area contributed by atoms with Crippen LogP contribution in [-0.2, 0) is 9.84 Å². The zero-order valence-electron chi connectivity index (χ0n) is 13.4. The van der Waals surface area contributed by atoms with E-state index >= 15 is 0 Å². The van der Waals surface area contributed by atoms with Gasteiger partial charge in [-0.25, -0.2) is 22.2 Å². The number of halogens is 2. The Kier molecular flexibility index (Phi) is 4.34. The van der Waals surface area contributed by atoms with Crippen molar-refractivity contribution >= 4 is 9.84 Å². The van der Waals surface area contributed by atoms with Gasteiger partial charge in [0.05, 0.1) is 4.90 Å². The summed E-state index contributed by atoms with van der Waals surface area (Å²) in [5.41, 5.74) is 1.55. The molecule has 0 radical (unpaired) electrons. The van der Waals surface area contributed by atoms with E-state index in [9.17, 15) is 17.2 Å². The van der Waals surface area contributed by atoms with Gasteiger partial charge in [0.15, 0.2) is 15.7 Å². The normalized spacial score (nSPS) is 11.9. The highest BCUT2D eigenvalue weighted by Gasteiger charge is 2.18. The average molecular weight is 364 g/mol. The second-order valence-electron chi connectivity index (χ2n) is 5.51. The van der Waals surface area contributed by atoms with Crippen molar-refractivity contribution in [2.24, 2.45) is 0 Å². The zero-order chi connectivity index (χ0) is 18.2. The molecule has 9 heteroatoms. The van der Waals surface area contributed by atoms with Gasteiger partial charge in [-0.2, -0.15) is 0 Å². The topological polar surface area (TPSA) is 88.6 Å². The molecular weight excluding hydrogens is 350 g/mol. The maximum atomic E-state index is 12.9. The first-order valence-electron chi connectivity index (χ1n) is 7.22. The van der Waals surface area contributed by atoms with E-state index in [1.54, 1.807) is 12.1 Å². The molecule has 130 valence electrons. The molecule has 3 aromatic heterocycles. The highest BCUT2D eigenvalue weighted by molar-refractivity contribution is 7.90. The molecule has 1 N–H and O–H groups in total. The van der Waals surface area contributed by atoms with Gasteiger partial charge < -0.3 is 4.98 Å². The minimum Gasteiger partial charge on any atom is -0.340 e. The summed E-state index contributed by atoms with van der Waals surface area (Å²) >= 11 is 0. The lowest BCUT2D eigenvalue weighted by Crippen LogP contribution is -1.98. The predicted molar refractivity (Wildman–Crippen MR) is 87.9 cm³/mol. The number of aromatic nitrogens is 4. The number of sulfone groups is 1. The predicted octanol–water partition coefficient (Wildman–Crippen LogP) is 3.18. The number of nitrogens with one attached hydrogen (secondary N) is 1. The van der Waals surface area contributed by atoms with Gasteiger partial charge in [0.2, 0.25) is 0 Å². The van der Waals surface area contributed by atoms with Crippen LogP contribution in [0.2, 0.25) is 0 Å². The molecule has 0 aliphatic carbocycles. The van der Waals surface area contributed by atoms with Crippen molar-refractivity contribution in [3.8, 4) is 22.6 Å².